The van der Waals surface area contributed by atoms with Gasteiger partial charge in [0, 0.05) is 19.2 Å². The largest absolute Gasteiger partial charge is 0.381 e. The highest BCUT2D eigenvalue weighted by molar-refractivity contribution is 7.92. The van der Waals surface area contributed by atoms with Crippen LogP contribution in [0.15, 0.2) is 0 Å². The number of hydrogen-bond acceptors (Lipinski definition) is 4. The molecule has 0 aliphatic carbocycles. The number of rotatable bonds is 4. The molecule has 16 heavy (non-hydrogen) atoms. The molecule has 4 nitrogen and oxygen atoms in total. The van der Waals surface area contributed by atoms with Gasteiger partial charge in [0.25, 0.3) is 0 Å². The second-order valence-corrected chi connectivity index (χ2v) is 7.35. The number of nitrogens with one attached hydrogen (secondary N) is 1. The molecule has 0 aromatic rings. The lowest BCUT2D eigenvalue weighted by Crippen LogP contribution is -2.40. The van der Waals surface area contributed by atoms with Crippen molar-refractivity contribution < 1.29 is 13.2 Å². The molecule has 2 rings (SSSR count). The Hall–Kier alpha value is -0.130. The van der Waals surface area contributed by atoms with E-state index in [9.17, 15) is 8.42 Å². The zero-order chi connectivity index (χ0) is 11.6. The monoisotopic (exact) mass is 247 g/mol. The van der Waals surface area contributed by atoms with Crippen LogP contribution in [0.25, 0.3) is 0 Å². The number of hydrogen-bond donors (Lipinski definition) is 1. The number of ether oxygens (including phenoxy) is 1. The average molecular weight is 247 g/mol. The van der Waals surface area contributed by atoms with Crippen LogP contribution in [-0.2, 0) is 14.6 Å². The standard InChI is InChI=1S/C11H21NO3S/c1-9(10-4-5-15-8-10)12-7-11-3-2-6-16(11,13)14/h9-12H,2-8H2,1H3. The van der Waals surface area contributed by atoms with E-state index >= 15 is 0 Å². The Bertz CT molecular complexity index is 322. The fraction of sp³-hybridized carbons (Fsp3) is 1.00. The Kier molecular flexibility index (Phi) is 3.87. The zero-order valence-corrected chi connectivity index (χ0v) is 10.6. The smallest absolute Gasteiger partial charge is 0.154 e. The van der Waals surface area contributed by atoms with Crippen LogP contribution in [0, 0.1) is 5.92 Å². The summed E-state index contributed by atoms with van der Waals surface area (Å²) in [6, 6.07) is 0.360. The van der Waals surface area contributed by atoms with E-state index in [4.69, 9.17) is 4.74 Å². The maximum atomic E-state index is 11.6. The quantitative estimate of drug-likeness (QED) is 0.789. The van der Waals surface area contributed by atoms with E-state index in [0.717, 1.165) is 32.5 Å². The second-order valence-electron chi connectivity index (χ2n) is 4.95. The first-order chi connectivity index (χ1) is 7.59. The van der Waals surface area contributed by atoms with Gasteiger partial charge in [-0.2, -0.15) is 0 Å². The minimum absolute atomic E-state index is 0.155. The van der Waals surface area contributed by atoms with Crippen molar-refractivity contribution >= 4 is 9.84 Å². The summed E-state index contributed by atoms with van der Waals surface area (Å²) in [6.07, 6.45) is 2.74. The van der Waals surface area contributed by atoms with Gasteiger partial charge in [0.05, 0.1) is 17.6 Å². The second kappa shape index (κ2) is 5.02. The van der Waals surface area contributed by atoms with E-state index in [-0.39, 0.29) is 5.25 Å². The third-order valence-corrected chi connectivity index (χ3v) is 6.08. The molecule has 2 fully saturated rings. The topological polar surface area (TPSA) is 55.4 Å². The van der Waals surface area contributed by atoms with Crippen LogP contribution in [0.2, 0.25) is 0 Å². The summed E-state index contributed by atoms with van der Waals surface area (Å²) < 4.78 is 28.6. The van der Waals surface area contributed by atoms with Gasteiger partial charge in [-0.3, -0.25) is 0 Å². The van der Waals surface area contributed by atoms with E-state index in [1.165, 1.54) is 0 Å². The molecular formula is C11H21NO3S. The van der Waals surface area contributed by atoms with Crippen LogP contribution in [0.3, 0.4) is 0 Å². The normalized spacial score (nSPS) is 35.3. The van der Waals surface area contributed by atoms with E-state index in [2.05, 4.69) is 12.2 Å². The van der Waals surface area contributed by atoms with Crippen LogP contribution < -0.4 is 5.32 Å². The van der Waals surface area contributed by atoms with Gasteiger partial charge in [-0.25, -0.2) is 8.42 Å². The highest BCUT2D eigenvalue weighted by atomic mass is 32.2. The van der Waals surface area contributed by atoms with Gasteiger partial charge in [0.2, 0.25) is 0 Å². The SMILES string of the molecule is CC(NCC1CCCS1(=O)=O)C1CCOC1. The molecule has 0 aromatic carbocycles. The summed E-state index contributed by atoms with van der Waals surface area (Å²) in [5, 5.41) is 3.21. The lowest BCUT2D eigenvalue weighted by molar-refractivity contribution is 0.178. The van der Waals surface area contributed by atoms with Gasteiger partial charge < -0.3 is 10.1 Å². The van der Waals surface area contributed by atoms with Crippen molar-refractivity contribution in [1.82, 2.24) is 5.32 Å². The first kappa shape index (κ1) is 12.3. The average Bonchev–Trinajstić information content (AvgIpc) is 2.83. The van der Waals surface area contributed by atoms with E-state index < -0.39 is 9.84 Å². The molecule has 3 atom stereocenters. The van der Waals surface area contributed by atoms with Crippen molar-refractivity contribution in [1.29, 1.82) is 0 Å². The van der Waals surface area contributed by atoms with Crippen molar-refractivity contribution in [3.63, 3.8) is 0 Å². The minimum atomic E-state index is -2.80. The summed E-state index contributed by atoms with van der Waals surface area (Å²) in [4.78, 5) is 0. The molecule has 1 N–H and O–H groups in total. The molecule has 2 aliphatic heterocycles. The maximum absolute atomic E-state index is 11.6. The van der Waals surface area contributed by atoms with Crippen molar-refractivity contribution in [2.75, 3.05) is 25.5 Å². The fourth-order valence-corrected chi connectivity index (χ4v) is 4.30. The third kappa shape index (κ3) is 2.76. The van der Waals surface area contributed by atoms with Gasteiger partial charge in [-0.05, 0) is 32.1 Å². The Balaban J connectivity index is 1.78. The first-order valence-corrected chi connectivity index (χ1v) is 7.84. The van der Waals surface area contributed by atoms with Crippen LogP contribution in [0.5, 0.6) is 0 Å². The molecule has 94 valence electrons. The number of sulfone groups is 1. The molecule has 0 bridgehead atoms. The Morgan fingerprint density at radius 1 is 1.44 bits per heavy atom. The predicted molar refractivity (Wildman–Crippen MR) is 63.2 cm³/mol. The van der Waals surface area contributed by atoms with Gasteiger partial charge >= 0.3 is 0 Å². The fourth-order valence-electron chi connectivity index (χ4n) is 2.52. The summed E-state index contributed by atoms with van der Waals surface area (Å²) >= 11 is 0. The van der Waals surface area contributed by atoms with E-state index in [1.807, 2.05) is 0 Å². The molecule has 0 saturated carbocycles. The molecular weight excluding hydrogens is 226 g/mol. The van der Waals surface area contributed by atoms with Crippen LogP contribution in [0.4, 0.5) is 0 Å². The van der Waals surface area contributed by atoms with Crippen LogP contribution >= 0.6 is 0 Å². The van der Waals surface area contributed by atoms with Gasteiger partial charge in [0.1, 0.15) is 0 Å². The summed E-state index contributed by atoms with van der Waals surface area (Å²) in [5.41, 5.74) is 0. The predicted octanol–water partition coefficient (Wildman–Crippen LogP) is 0.578. The molecule has 2 saturated heterocycles. The van der Waals surface area contributed by atoms with Crippen LogP contribution in [0.1, 0.15) is 26.2 Å². The molecule has 0 spiro atoms. The summed E-state index contributed by atoms with van der Waals surface area (Å²) in [5.74, 6) is 0.921. The molecule has 0 radical (unpaired) electrons. The van der Waals surface area contributed by atoms with E-state index in [1.54, 1.807) is 0 Å². The molecule has 0 aromatic heterocycles. The Morgan fingerprint density at radius 3 is 2.81 bits per heavy atom. The van der Waals surface area contributed by atoms with Gasteiger partial charge in [-0.15, -0.1) is 0 Å². The van der Waals surface area contributed by atoms with Gasteiger partial charge in [-0.1, -0.05) is 0 Å². The lowest BCUT2D eigenvalue weighted by Gasteiger charge is -2.21. The van der Waals surface area contributed by atoms with Crippen molar-refractivity contribution in [3.8, 4) is 0 Å². The molecule has 5 heteroatoms. The highest BCUT2D eigenvalue weighted by Gasteiger charge is 2.32. The Morgan fingerprint density at radius 2 is 2.25 bits per heavy atom. The van der Waals surface area contributed by atoms with Crippen molar-refractivity contribution in [2.45, 2.75) is 37.5 Å². The Labute approximate surface area is 97.7 Å². The maximum Gasteiger partial charge on any atom is 0.154 e. The molecule has 0 amide bonds. The van der Waals surface area contributed by atoms with E-state index in [0.29, 0.717) is 24.3 Å². The minimum Gasteiger partial charge on any atom is -0.381 e. The summed E-state index contributed by atoms with van der Waals surface area (Å²) in [7, 11) is -2.80. The lowest BCUT2D eigenvalue weighted by atomic mass is 10.0. The molecule has 2 aliphatic rings. The molecule has 2 heterocycles. The summed E-state index contributed by atoms with van der Waals surface area (Å²) in [6.45, 7) is 4.39. The van der Waals surface area contributed by atoms with Crippen molar-refractivity contribution in [3.05, 3.63) is 0 Å². The highest BCUT2D eigenvalue weighted by Crippen LogP contribution is 2.21. The zero-order valence-electron chi connectivity index (χ0n) is 9.81. The van der Waals surface area contributed by atoms with Crippen LogP contribution in [-0.4, -0.2) is 45.2 Å². The van der Waals surface area contributed by atoms with Crippen molar-refractivity contribution in [2.24, 2.45) is 5.92 Å². The first-order valence-electron chi connectivity index (χ1n) is 6.12. The van der Waals surface area contributed by atoms with Gasteiger partial charge in [0.15, 0.2) is 9.84 Å². The third-order valence-electron chi connectivity index (χ3n) is 3.80. The molecule has 3 unspecified atom stereocenters.